The summed E-state index contributed by atoms with van der Waals surface area (Å²) in [6.45, 7) is 6.79. The van der Waals surface area contributed by atoms with Gasteiger partial charge in [-0.3, -0.25) is 0 Å². The quantitative estimate of drug-likeness (QED) is 0.881. The zero-order valence-corrected chi connectivity index (χ0v) is 11.1. The van der Waals surface area contributed by atoms with Gasteiger partial charge in [0, 0.05) is 12.2 Å². The van der Waals surface area contributed by atoms with Gasteiger partial charge in [0.2, 0.25) is 5.89 Å². The number of hydrogen-bond acceptors (Lipinski definition) is 4. The highest BCUT2D eigenvalue weighted by Gasteiger charge is 2.14. The molecule has 1 unspecified atom stereocenters. The third-order valence-corrected chi connectivity index (χ3v) is 2.82. The number of nitrogens with zero attached hydrogens (tertiary/aromatic N) is 3. The molecule has 0 saturated heterocycles. The molecule has 1 atom stereocenters. The molecule has 0 spiro atoms. The topological polar surface area (TPSA) is 69.9 Å². The first-order chi connectivity index (χ1) is 8.56. The van der Waals surface area contributed by atoms with E-state index in [-0.39, 0.29) is 6.04 Å². The van der Waals surface area contributed by atoms with Gasteiger partial charge in [0.05, 0.1) is 18.2 Å². The van der Waals surface area contributed by atoms with Crippen LogP contribution in [-0.4, -0.2) is 14.5 Å². The molecule has 98 valence electrons. The number of aromatic nitrogens is 3. The second-order valence-corrected chi connectivity index (χ2v) is 5.05. The molecule has 0 fully saturated rings. The molecule has 2 rings (SSSR count). The fourth-order valence-electron chi connectivity index (χ4n) is 2.02. The summed E-state index contributed by atoms with van der Waals surface area (Å²) in [5, 5.41) is 0. The van der Waals surface area contributed by atoms with Crippen molar-refractivity contribution < 1.29 is 4.42 Å². The minimum Gasteiger partial charge on any atom is -0.444 e. The van der Waals surface area contributed by atoms with Crippen LogP contribution in [0.3, 0.4) is 0 Å². The number of nitrogens with two attached hydrogens (primary N) is 1. The van der Waals surface area contributed by atoms with Crippen molar-refractivity contribution >= 4 is 0 Å². The largest absolute Gasteiger partial charge is 0.444 e. The number of hydrogen-bond donors (Lipinski definition) is 1. The van der Waals surface area contributed by atoms with Gasteiger partial charge in [-0.1, -0.05) is 13.8 Å². The first kappa shape index (κ1) is 12.8. The Morgan fingerprint density at radius 3 is 2.78 bits per heavy atom. The van der Waals surface area contributed by atoms with Gasteiger partial charge in [-0.15, -0.1) is 0 Å². The first-order valence-corrected chi connectivity index (χ1v) is 6.23. The minimum absolute atomic E-state index is 0.00330. The van der Waals surface area contributed by atoms with Crippen molar-refractivity contribution in [2.24, 2.45) is 11.7 Å². The molecule has 0 aliphatic heterocycles. The summed E-state index contributed by atoms with van der Waals surface area (Å²) in [4.78, 5) is 8.36. The average molecular weight is 248 g/mol. The highest BCUT2D eigenvalue weighted by Crippen LogP contribution is 2.19. The highest BCUT2D eigenvalue weighted by molar-refractivity contribution is 5.06. The predicted molar refractivity (Wildman–Crippen MR) is 69.0 cm³/mol. The highest BCUT2D eigenvalue weighted by atomic mass is 16.4. The Kier molecular flexibility index (Phi) is 3.81. The third kappa shape index (κ3) is 2.98. The summed E-state index contributed by atoms with van der Waals surface area (Å²) in [6, 6.07) is 0.00330. The third-order valence-electron chi connectivity index (χ3n) is 2.82. The van der Waals surface area contributed by atoms with E-state index in [2.05, 4.69) is 23.8 Å². The fraction of sp³-hybridized carbons (Fsp3) is 0.538. The Balaban J connectivity index is 2.12. The molecular weight excluding hydrogens is 228 g/mol. The molecule has 0 amide bonds. The molecule has 0 aliphatic rings. The summed E-state index contributed by atoms with van der Waals surface area (Å²) in [5.74, 6) is 2.06. The average Bonchev–Trinajstić information content (AvgIpc) is 2.87. The SMILES string of the molecule is Cc1cnc(Cn2cncc2C(N)CC(C)C)o1. The summed E-state index contributed by atoms with van der Waals surface area (Å²) >= 11 is 0. The maximum Gasteiger partial charge on any atom is 0.214 e. The molecule has 5 heteroatoms. The van der Waals surface area contributed by atoms with Crippen LogP contribution in [0.15, 0.2) is 23.1 Å². The van der Waals surface area contributed by atoms with Crippen molar-refractivity contribution in [3.05, 3.63) is 36.1 Å². The van der Waals surface area contributed by atoms with E-state index in [4.69, 9.17) is 10.2 Å². The molecule has 0 aromatic carbocycles. The zero-order valence-electron chi connectivity index (χ0n) is 11.1. The van der Waals surface area contributed by atoms with Gasteiger partial charge >= 0.3 is 0 Å². The van der Waals surface area contributed by atoms with Gasteiger partial charge in [-0.05, 0) is 19.3 Å². The zero-order chi connectivity index (χ0) is 13.1. The Labute approximate surface area is 107 Å². The second-order valence-electron chi connectivity index (χ2n) is 5.05. The van der Waals surface area contributed by atoms with Crippen LogP contribution in [0.1, 0.15) is 43.7 Å². The van der Waals surface area contributed by atoms with Gasteiger partial charge in [0.1, 0.15) is 12.3 Å². The lowest BCUT2D eigenvalue weighted by Gasteiger charge is -2.15. The molecule has 5 nitrogen and oxygen atoms in total. The van der Waals surface area contributed by atoms with E-state index in [1.807, 2.05) is 17.7 Å². The molecule has 18 heavy (non-hydrogen) atoms. The monoisotopic (exact) mass is 248 g/mol. The Morgan fingerprint density at radius 1 is 1.39 bits per heavy atom. The molecule has 2 aromatic heterocycles. The first-order valence-electron chi connectivity index (χ1n) is 6.23. The molecule has 2 heterocycles. The fourth-order valence-corrected chi connectivity index (χ4v) is 2.02. The van der Waals surface area contributed by atoms with E-state index in [1.165, 1.54) is 0 Å². The van der Waals surface area contributed by atoms with Crippen LogP contribution < -0.4 is 5.73 Å². The summed E-state index contributed by atoms with van der Waals surface area (Å²) in [7, 11) is 0. The van der Waals surface area contributed by atoms with E-state index in [0.717, 1.165) is 17.9 Å². The van der Waals surface area contributed by atoms with Crippen molar-refractivity contribution in [1.82, 2.24) is 14.5 Å². The Morgan fingerprint density at radius 2 is 2.17 bits per heavy atom. The van der Waals surface area contributed by atoms with Crippen LogP contribution in [0.5, 0.6) is 0 Å². The lowest BCUT2D eigenvalue weighted by Crippen LogP contribution is -2.17. The number of oxazole rings is 1. The maximum atomic E-state index is 6.19. The lowest BCUT2D eigenvalue weighted by molar-refractivity contribution is 0.441. The standard InChI is InChI=1S/C13H20N4O/c1-9(2)4-11(14)12-6-15-8-17(12)7-13-16-5-10(3)18-13/h5-6,8-9,11H,4,7,14H2,1-3H3. The van der Waals surface area contributed by atoms with E-state index in [0.29, 0.717) is 18.4 Å². The lowest BCUT2D eigenvalue weighted by atomic mass is 10.0. The minimum atomic E-state index is 0.00330. The normalized spacial score (nSPS) is 13.2. The molecule has 0 radical (unpaired) electrons. The maximum absolute atomic E-state index is 6.19. The van der Waals surface area contributed by atoms with Crippen LogP contribution in [0.2, 0.25) is 0 Å². The summed E-state index contributed by atoms with van der Waals surface area (Å²) < 4.78 is 7.47. The van der Waals surface area contributed by atoms with Gasteiger partial charge in [0.25, 0.3) is 0 Å². The second kappa shape index (κ2) is 5.35. The van der Waals surface area contributed by atoms with Crippen LogP contribution in [-0.2, 0) is 6.54 Å². The number of aryl methyl sites for hydroxylation is 1. The molecule has 2 N–H and O–H groups in total. The Bertz CT molecular complexity index is 501. The smallest absolute Gasteiger partial charge is 0.214 e. The van der Waals surface area contributed by atoms with Crippen molar-refractivity contribution in [3.63, 3.8) is 0 Å². The van der Waals surface area contributed by atoms with Gasteiger partial charge in [0.15, 0.2) is 0 Å². The molecule has 0 bridgehead atoms. The van der Waals surface area contributed by atoms with Crippen LogP contribution in [0.4, 0.5) is 0 Å². The molecule has 0 saturated carbocycles. The number of imidazole rings is 1. The van der Waals surface area contributed by atoms with Gasteiger partial charge in [-0.2, -0.15) is 0 Å². The van der Waals surface area contributed by atoms with E-state index >= 15 is 0 Å². The molecule has 2 aromatic rings. The van der Waals surface area contributed by atoms with Crippen LogP contribution in [0.25, 0.3) is 0 Å². The van der Waals surface area contributed by atoms with Crippen LogP contribution in [0, 0.1) is 12.8 Å². The van der Waals surface area contributed by atoms with Crippen molar-refractivity contribution in [3.8, 4) is 0 Å². The van der Waals surface area contributed by atoms with Crippen molar-refractivity contribution in [2.45, 2.75) is 39.8 Å². The summed E-state index contributed by atoms with van der Waals surface area (Å²) in [5.41, 5.74) is 7.22. The van der Waals surface area contributed by atoms with E-state index in [9.17, 15) is 0 Å². The number of rotatable bonds is 5. The predicted octanol–water partition coefficient (Wildman–Crippen LogP) is 2.27. The summed E-state index contributed by atoms with van der Waals surface area (Å²) in [6.07, 6.45) is 6.26. The van der Waals surface area contributed by atoms with E-state index in [1.54, 1.807) is 12.5 Å². The van der Waals surface area contributed by atoms with Crippen LogP contribution >= 0.6 is 0 Å². The van der Waals surface area contributed by atoms with Crippen molar-refractivity contribution in [1.29, 1.82) is 0 Å². The van der Waals surface area contributed by atoms with Crippen molar-refractivity contribution in [2.75, 3.05) is 0 Å². The Hall–Kier alpha value is -1.62. The van der Waals surface area contributed by atoms with Gasteiger partial charge in [-0.25, -0.2) is 9.97 Å². The molecule has 0 aliphatic carbocycles. The van der Waals surface area contributed by atoms with Gasteiger partial charge < -0.3 is 14.7 Å². The molecular formula is C13H20N4O. The van der Waals surface area contributed by atoms with E-state index < -0.39 is 0 Å².